The highest BCUT2D eigenvalue weighted by Gasteiger charge is 2.25. The zero-order chi connectivity index (χ0) is 14.7. The van der Waals surface area contributed by atoms with Crippen molar-refractivity contribution in [1.29, 1.82) is 0 Å². The molecule has 0 aromatic heterocycles. The van der Waals surface area contributed by atoms with Crippen molar-refractivity contribution >= 4 is 12.0 Å². The molecule has 1 saturated carbocycles. The van der Waals surface area contributed by atoms with Gasteiger partial charge in [0.2, 0.25) is 12.7 Å². The molecule has 4 nitrogen and oxygen atoms in total. The van der Waals surface area contributed by atoms with Crippen molar-refractivity contribution in [3.05, 3.63) is 29.8 Å². The molecule has 2 aliphatic rings. The van der Waals surface area contributed by atoms with Crippen LogP contribution in [0.1, 0.15) is 31.7 Å². The number of ether oxygens (including phenoxy) is 2. The predicted octanol–water partition coefficient (Wildman–Crippen LogP) is 3.08. The van der Waals surface area contributed by atoms with Crippen molar-refractivity contribution in [2.75, 3.05) is 19.9 Å². The van der Waals surface area contributed by atoms with Gasteiger partial charge in [-0.3, -0.25) is 4.79 Å². The molecule has 1 amide bonds. The molecular weight excluding hydrogens is 266 g/mol. The van der Waals surface area contributed by atoms with E-state index in [1.54, 1.807) is 6.08 Å². The van der Waals surface area contributed by atoms with Crippen LogP contribution >= 0.6 is 0 Å². The second-order valence-corrected chi connectivity index (χ2v) is 5.67. The molecule has 1 aromatic rings. The molecule has 1 aromatic carbocycles. The number of benzene rings is 1. The monoisotopic (exact) mass is 287 g/mol. The highest BCUT2D eigenvalue weighted by molar-refractivity contribution is 5.91. The van der Waals surface area contributed by atoms with E-state index in [0.29, 0.717) is 0 Å². The lowest BCUT2D eigenvalue weighted by Crippen LogP contribution is -2.32. The zero-order valence-corrected chi connectivity index (χ0v) is 12.4. The summed E-state index contributed by atoms with van der Waals surface area (Å²) in [6, 6.07) is 5.71. The van der Waals surface area contributed by atoms with Crippen molar-refractivity contribution in [1.82, 2.24) is 4.90 Å². The summed E-state index contributed by atoms with van der Waals surface area (Å²) in [6.07, 6.45) is 7.03. The number of fused-ring (bicyclic) bond motifs is 1. The third kappa shape index (κ3) is 3.57. The summed E-state index contributed by atoms with van der Waals surface area (Å²) in [6.45, 7) is 4.11. The van der Waals surface area contributed by atoms with Crippen LogP contribution in [0.4, 0.5) is 0 Å². The van der Waals surface area contributed by atoms with Crippen LogP contribution in [0.25, 0.3) is 6.08 Å². The molecule has 1 fully saturated rings. The summed E-state index contributed by atoms with van der Waals surface area (Å²) in [4.78, 5) is 14.2. The lowest BCUT2D eigenvalue weighted by molar-refractivity contribution is -0.126. The van der Waals surface area contributed by atoms with E-state index in [0.717, 1.165) is 42.5 Å². The molecule has 112 valence electrons. The molecule has 0 spiro atoms. The maximum absolute atomic E-state index is 12.3. The number of rotatable bonds is 6. The van der Waals surface area contributed by atoms with Gasteiger partial charge in [0.25, 0.3) is 0 Å². The van der Waals surface area contributed by atoms with Crippen LogP contribution in [-0.2, 0) is 4.79 Å². The number of amides is 1. The maximum atomic E-state index is 12.3. The van der Waals surface area contributed by atoms with Gasteiger partial charge in [0.05, 0.1) is 0 Å². The minimum atomic E-state index is 0.0985. The van der Waals surface area contributed by atoms with Gasteiger partial charge in [0.1, 0.15) is 0 Å². The zero-order valence-electron chi connectivity index (χ0n) is 12.4. The Balaban J connectivity index is 1.64. The molecule has 1 heterocycles. The normalized spacial score (nSPS) is 16.4. The van der Waals surface area contributed by atoms with Gasteiger partial charge >= 0.3 is 0 Å². The molecule has 0 N–H and O–H groups in total. The topological polar surface area (TPSA) is 38.8 Å². The first-order valence-corrected chi connectivity index (χ1v) is 7.63. The van der Waals surface area contributed by atoms with Gasteiger partial charge in [-0.2, -0.15) is 0 Å². The molecular formula is C17H21NO3. The lowest BCUT2D eigenvalue weighted by Gasteiger charge is -2.20. The van der Waals surface area contributed by atoms with E-state index in [4.69, 9.17) is 9.47 Å². The van der Waals surface area contributed by atoms with E-state index in [1.165, 1.54) is 12.8 Å². The number of nitrogens with zero attached hydrogens (tertiary/aromatic N) is 1. The standard InChI is InChI=1S/C17H21NO3/c1-2-9-18(11-14-3-4-14)17(19)8-6-13-5-7-15-16(10-13)21-12-20-15/h5-8,10,14H,2-4,9,11-12H2,1H3. The molecule has 0 saturated heterocycles. The van der Waals surface area contributed by atoms with Crippen molar-refractivity contribution in [3.8, 4) is 11.5 Å². The number of carbonyl (C=O) groups is 1. The fourth-order valence-corrected chi connectivity index (χ4v) is 2.46. The average Bonchev–Trinajstić information content (AvgIpc) is 3.18. The molecule has 1 aliphatic heterocycles. The molecule has 0 atom stereocenters. The Morgan fingerprint density at radius 3 is 2.90 bits per heavy atom. The van der Waals surface area contributed by atoms with Gasteiger partial charge in [0, 0.05) is 19.2 Å². The second kappa shape index (κ2) is 6.20. The van der Waals surface area contributed by atoms with Crippen LogP contribution < -0.4 is 9.47 Å². The van der Waals surface area contributed by atoms with Crippen LogP contribution in [0.3, 0.4) is 0 Å². The van der Waals surface area contributed by atoms with Gasteiger partial charge in [0.15, 0.2) is 11.5 Å². The first-order chi connectivity index (χ1) is 10.3. The summed E-state index contributed by atoms with van der Waals surface area (Å²) in [5, 5.41) is 0. The van der Waals surface area contributed by atoms with Crippen molar-refractivity contribution < 1.29 is 14.3 Å². The van der Waals surface area contributed by atoms with Crippen LogP contribution in [0.5, 0.6) is 11.5 Å². The largest absolute Gasteiger partial charge is 0.454 e. The molecule has 0 radical (unpaired) electrons. The van der Waals surface area contributed by atoms with E-state index in [1.807, 2.05) is 29.2 Å². The first kappa shape index (κ1) is 14.0. The van der Waals surface area contributed by atoms with Crippen LogP contribution in [0.15, 0.2) is 24.3 Å². The van der Waals surface area contributed by atoms with E-state index < -0.39 is 0 Å². The SMILES string of the molecule is CCCN(CC1CC1)C(=O)C=Cc1ccc2c(c1)OCO2. The van der Waals surface area contributed by atoms with Gasteiger partial charge in [-0.1, -0.05) is 13.0 Å². The van der Waals surface area contributed by atoms with Gasteiger partial charge in [-0.05, 0) is 49.0 Å². The van der Waals surface area contributed by atoms with E-state index >= 15 is 0 Å². The van der Waals surface area contributed by atoms with Crippen molar-refractivity contribution in [3.63, 3.8) is 0 Å². The maximum Gasteiger partial charge on any atom is 0.246 e. The minimum absolute atomic E-state index is 0.0985. The first-order valence-electron chi connectivity index (χ1n) is 7.63. The van der Waals surface area contributed by atoms with Crippen LogP contribution in [0, 0.1) is 5.92 Å². The fraction of sp³-hybridized carbons (Fsp3) is 0.471. The number of hydrogen-bond acceptors (Lipinski definition) is 3. The predicted molar refractivity (Wildman–Crippen MR) is 81.2 cm³/mol. The summed E-state index contributed by atoms with van der Waals surface area (Å²) < 4.78 is 10.6. The number of hydrogen-bond donors (Lipinski definition) is 0. The van der Waals surface area contributed by atoms with Crippen molar-refractivity contribution in [2.24, 2.45) is 5.92 Å². The van der Waals surface area contributed by atoms with Gasteiger partial charge < -0.3 is 14.4 Å². The smallest absolute Gasteiger partial charge is 0.246 e. The van der Waals surface area contributed by atoms with E-state index in [-0.39, 0.29) is 12.7 Å². The third-order valence-corrected chi connectivity index (χ3v) is 3.80. The Morgan fingerprint density at radius 1 is 1.33 bits per heavy atom. The molecule has 3 rings (SSSR count). The highest BCUT2D eigenvalue weighted by Crippen LogP contribution is 2.33. The highest BCUT2D eigenvalue weighted by atomic mass is 16.7. The lowest BCUT2D eigenvalue weighted by atomic mass is 10.2. The Morgan fingerprint density at radius 2 is 2.14 bits per heavy atom. The summed E-state index contributed by atoms with van der Waals surface area (Å²) in [5.41, 5.74) is 0.954. The minimum Gasteiger partial charge on any atom is -0.454 e. The molecule has 0 bridgehead atoms. The average molecular weight is 287 g/mol. The summed E-state index contributed by atoms with van der Waals surface area (Å²) in [5.74, 6) is 2.33. The second-order valence-electron chi connectivity index (χ2n) is 5.67. The molecule has 0 unspecified atom stereocenters. The number of carbonyl (C=O) groups excluding carboxylic acids is 1. The van der Waals surface area contributed by atoms with Crippen LogP contribution in [0.2, 0.25) is 0 Å². The third-order valence-electron chi connectivity index (χ3n) is 3.80. The van der Waals surface area contributed by atoms with Crippen molar-refractivity contribution in [2.45, 2.75) is 26.2 Å². The molecule has 4 heteroatoms. The summed E-state index contributed by atoms with van der Waals surface area (Å²) >= 11 is 0. The van der Waals surface area contributed by atoms with Gasteiger partial charge in [-0.15, -0.1) is 0 Å². The van der Waals surface area contributed by atoms with Crippen LogP contribution in [-0.4, -0.2) is 30.7 Å². The Hall–Kier alpha value is -1.97. The molecule has 21 heavy (non-hydrogen) atoms. The Kier molecular flexibility index (Phi) is 4.13. The summed E-state index contributed by atoms with van der Waals surface area (Å²) in [7, 11) is 0. The Bertz CT molecular complexity index is 549. The van der Waals surface area contributed by atoms with E-state index in [2.05, 4.69) is 6.92 Å². The van der Waals surface area contributed by atoms with Gasteiger partial charge in [-0.25, -0.2) is 0 Å². The fourth-order valence-electron chi connectivity index (χ4n) is 2.46. The quantitative estimate of drug-likeness (QED) is 0.755. The van der Waals surface area contributed by atoms with E-state index in [9.17, 15) is 4.79 Å². The molecule has 1 aliphatic carbocycles. The Labute approximate surface area is 125 Å².